The van der Waals surface area contributed by atoms with Crippen molar-refractivity contribution in [2.75, 3.05) is 48.0 Å². The number of carbonyl (C=O) groups excluding carboxylic acids is 3. The van der Waals surface area contributed by atoms with Gasteiger partial charge in [-0.05, 0) is 72.2 Å². The van der Waals surface area contributed by atoms with Crippen LogP contribution in [0, 0.1) is 0 Å². The maximum absolute atomic E-state index is 14.5. The van der Waals surface area contributed by atoms with E-state index >= 15 is 0 Å². The zero-order valence-electron chi connectivity index (χ0n) is 31.2. The standard InChI is InChI=1S/C41H47N5O7S/c1-43(2)54(50,51)42-38(47)28-15-17-31-34(21-28)46-25-41(44(3)39(48)40(49)45-19-20-53-24-35(45)26-11-7-5-8-12-26)23-33(41)32-22-29(52-4)16-18-30(32)37(46)36(31)27-13-9-6-10-14-27/h5,7-8,11-12,15-18,21-22,27,33,35H,6,9-10,13-14,19-20,23-25H2,1-4H3,(H,42,47)/t33-,35?,41-/m0/s1. The van der Waals surface area contributed by atoms with Gasteiger partial charge in [-0.3, -0.25) is 14.4 Å². The molecule has 3 aromatic carbocycles. The van der Waals surface area contributed by atoms with E-state index in [2.05, 4.69) is 21.4 Å². The predicted octanol–water partition coefficient (Wildman–Crippen LogP) is 5.20. The number of benzene rings is 3. The minimum Gasteiger partial charge on any atom is -0.497 e. The van der Waals surface area contributed by atoms with Gasteiger partial charge in [-0.1, -0.05) is 55.7 Å². The van der Waals surface area contributed by atoms with Crippen molar-refractivity contribution in [3.8, 4) is 17.0 Å². The lowest BCUT2D eigenvalue weighted by molar-refractivity contribution is -0.158. The number of aromatic nitrogens is 1. The smallest absolute Gasteiger partial charge is 0.312 e. The first-order chi connectivity index (χ1) is 25.9. The molecule has 1 unspecified atom stereocenters. The van der Waals surface area contributed by atoms with E-state index in [0.717, 1.165) is 63.3 Å². The topological polar surface area (TPSA) is 130 Å². The monoisotopic (exact) mass is 753 g/mol. The number of morpholine rings is 1. The van der Waals surface area contributed by atoms with Gasteiger partial charge in [0.15, 0.2) is 0 Å². The summed E-state index contributed by atoms with van der Waals surface area (Å²) in [5.74, 6) is -0.955. The summed E-state index contributed by atoms with van der Waals surface area (Å²) in [7, 11) is 2.09. The molecule has 13 heteroatoms. The van der Waals surface area contributed by atoms with Gasteiger partial charge in [0.05, 0.1) is 37.6 Å². The quantitative estimate of drug-likeness (QED) is 0.257. The lowest BCUT2D eigenvalue weighted by Crippen LogP contribution is -2.53. The first-order valence-electron chi connectivity index (χ1n) is 18.8. The van der Waals surface area contributed by atoms with Crippen molar-refractivity contribution < 1.29 is 32.3 Å². The molecule has 0 spiro atoms. The van der Waals surface area contributed by atoms with Gasteiger partial charge in [-0.25, -0.2) is 4.72 Å². The Balaban J connectivity index is 1.25. The van der Waals surface area contributed by atoms with Gasteiger partial charge in [0.2, 0.25) is 0 Å². The second kappa shape index (κ2) is 13.8. The van der Waals surface area contributed by atoms with Crippen molar-refractivity contribution in [2.45, 2.75) is 68.5 Å². The summed E-state index contributed by atoms with van der Waals surface area (Å²) in [6, 6.07) is 20.8. The van der Waals surface area contributed by atoms with Gasteiger partial charge in [-0.15, -0.1) is 0 Å². The SMILES string of the molecule is COc1ccc2c(c1)[C@@H]1C[C@]1(N(C)C(=O)C(=O)N1CCOCC1c1ccccc1)Cn1c-2c(C2CCCCC2)c2ccc(C(=O)NS(=O)(=O)N(C)C)cc21. The second-order valence-corrected chi connectivity index (χ2v) is 17.2. The fourth-order valence-corrected chi connectivity index (χ4v) is 9.64. The van der Waals surface area contributed by atoms with Crippen LogP contribution in [-0.4, -0.2) is 98.4 Å². The zero-order valence-corrected chi connectivity index (χ0v) is 32.0. The van der Waals surface area contributed by atoms with Gasteiger partial charge in [0.25, 0.3) is 5.91 Å². The van der Waals surface area contributed by atoms with Gasteiger partial charge >= 0.3 is 22.0 Å². The highest BCUT2D eigenvalue weighted by Gasteiger charge is 2.62. The van der Waals surface area contributed by atoms with Crippen molar-refractivity contribution >= 4 is 38.8 Å². The van der Waals surface area contributed by atoms with Crippen LogP contribution in [0.15, 0.2) is 66.7 Å². The fraction of sp³-hybridized carbons (Fsp3) is 0.439. The van der Waals surface area contributed by atoms with Crippen LogP contribution in [0.5, 0.6) is 5.75 Å². The normalized spacial score (nSPS) is 22.5. The van der Waals surface area contributed by atoms with Crippen LogP contribution in [0.4, 0.5) is 0 Å². The molecule has 12 nitrogen and oxygen atoms in total. The molecular weight excluding hydrogens is 707 g/mol. The molecule has 0 bridgehead atoms. The Kier molecular flexibility index (Phi) is 9.30. The zero-order chi connectivity index (χ0) is 37.9. The number of nitrogens with one attached hydrogen (secondary N) is 1. The predicted molar refractivity (Wildman–Crippen MR) is 204 cm³/mol. The van der Waals surface area contributed by atoms with Gasteiger partial charge in [-0.2, -0.15) is 12.7 Å². The van der Waals surface area contributed by atoms with Crippen LogP contribution in [-0.2, 0) is 31.1 Å². The molecule has 3 heterocycles. The molecule has 1 aromatic heterocycles. The van der Waals surface area contributed by atoms with Crippen molar-refractivity contribution in [1.29, 1.82) is 0 Å². The summed E-state index contributed by atoms with van der Waals surface area (Å²) in [4.78, 5) is 45.5. The average Bonchev–Trinajstić information content (AvgIpc) is 3.86. The summed E-state index contributed by atoms with van der Waals surface area (Å²) in [5.41, 5.74) is 5.52. The van der Waals surface area contributed by atoms with Crippen LogP contribution in [0.25, 0.3) is 22.2 Å². The fourth-order valence-electron chi connectivity index (χ4n) is 9.10. The molecule has 3 atom stereocenters. The summed E-state index contributed by atoms with van der Waals surface area (Å²) in [5, 5.41) is 1.00. The molecule has 0 radical (unpaired) electrons. The number of fused-ring (bicyclic) bond motifs is 7. The number of carbonyl (C=O) groups is 3. The molecule has 284 valence electrons. The molecule has 8 rings (SSSR count). The Bertz CT molecular complexity index is 2250. The Morgan fingerprint density at radius 3 is 2.44 bits per heavy atom. The third-order valence-electron chi connectivity index (χ3n) is 12.2. The number of likely N-dealkylation sites (N-methyl/N-ethyl adjacent to an activating group) is 1. The van der Waals surface area contributed by atoms with Crippen molar-refractivity contribution in [3.05, 3.63) is 89.0 Å². The lowest BCUT2D eigenvalue weighted by atomic mass is 9.81. The van der Waals surface area contributed by atoms with E-state index in [9.17, 15) is 22.8 Å². The summed E-state index contributed by atoms with van der Waals surface area (Å²) in [6.07, 6.45) is 6.12. The Hall–Kier alpha value is -4.72. The van der Waals surface area contributed by atoms with E-state index in [4.69, 9.17) is 9.47 Å². The van der Waals surface area contributed by atoms with Gasteiger partial charge in [0.1, 0.15) is 5.75 Å². The highest BCUT2D eigenvalue weighted by atomic mass is 32.2. The van der Waals surface area contributed by atoms with Crippen LogP contribution in [0.2, 0.25) is 0 Å². The Morgan fingerprint density at radius 1 is 0.963 bits per heavy atom. The van der Waals surface area contributed by atoms with Crippen molar-refractivity contribution in [3.63, 3.8) is 0 Å². The van der Waals surface area contributed by atoms with Crippen LogP contribution < -0.4 is 9.46 Å². The number of methoxy groups -OCH3 is 1. The van der Waals surface area contributed by atoms with Crippen molar-refractivity contribution in [1.82, 2.24) is 23.4 Å². The maximum Gasteiger partial charge on any atom is 0.312 e. The number of rotatable bonds is 7. The summed E-state index contributed by atoms with van der Waals surface area (Å²) >= 11 is 0. The van der Waals surface area contributed by atoms with E-state index < -0.39 is 33.5 Å². The number of amides is 3. The van der Waals surface area contributed by atoms with E-state index in [1.54, 1.807) is 36.1 Å². The van der Waals surface area contributed by atoms with Crippen LogP contribution in [0.1, 0.15) is 83.5 Å². The average molecular weight is 754 g/mol. The number of hydrogen-bond acceptors (Lipinski definition) is 7. The number of hydrogen-bond donors (Lipinski definition) is 1. The Labute approximate surface area is 316 Å². The molecule has 2 saturated carbocycles. The lowest BCUT2D eigenvalue weighted by Gasteiger charge is -2.37. The third kappa shape index (κ3) is 6.06. The van der Waals surface area contributed by atoms with Gasteiger partial charge < -0.3 is 23.8 Å². The molecule has 3 amide bonds. The largest absolute Gasteiger partial charge is 0.497 e. The van der Waals surface area contributed by atoms with Crippen LogP contribution >= 0.6 is 0 Å². The van der Waals surface area contributed by atoms with Gasteiger partial charge in [0, 0.05) is 62.2 Å². The molecular formula is C41H47N5O7S. The van der Waals surface area contributed by atoms with E-state index in [1.165, 1.54) is 26.1 Å². The summed E-state index contributed by atoms with van der Waals surface area (Å²) < 4.78 is 42.2. The minimum atomic E-state index is -4.03. The molecule has 2 aliphatic heterocycles. The first kappa shape index (κ1) is 36.3. The first-order valence-corrected chi connectivity index (χ1v) is 20.2. The second-order valence-electron chi connectivity index (χ2n) is 15.3. The highest BCUT2D eigenvalue weighted by molar-refractivity contribution is 7.87. The van der Waals surface area contributed by atoms with E-state index in [-0.39, 0.29) is 23.4 Å². The molecule has 1 saturated heterocycles. The minimum absolute atomic E-state index is 0.0789. The van der Waals surface area contributed by atoms with E-state index in [1.807, 2.05) is 42.5 Å². The Morgan fingerprint density at radius 2 is 1.72 bits per heavy atom. The molecule has 4 aromatic rings. The summed E-state index contributed by atoms with van der Waals surface area (Å²) in [6.45, 7) is 1.35. The van der Waals surface area contributed by atoms with E-state index in [0.29, 0.717) is 38.5 Å². The van der Waals surface area contributed by atoms with Crippen LogP contribution in [0.3, 0.4) is 0 Å². The molecule has 3 fully saturated rings. The molecule has 4 aliphatic rings. The molecule has 2 aliphatic carbocycles. The number of nitrogens with zero attached hydrogens (tertiary/aromatic N) is 4. The highest BCUT2D eigenvalue weighted by Crippen LogP contribution is 2.62. The number of ether oxygens (including phenoxy) is 2. The molecule has 1 N–H and O–H groups in total. The molecule has 54 heavy (non-hydrogen) atoms. The van der Waals surface area contributed by atoms with Crippen molar-refractivity contribution in [2.24, 2.45) is 0 Å². The third-order valence-corrected chi connectivity index (χ3v) is 13.6. The maximum atomic E-state index is 14.5.